The van der Waals surface area contributed by atoms with Gasteiger partial charge in [0.15, 0.2) is 12.4 Å². The van der Waals surface area contributed by atoms with E-state index in [-0.39, 0.29) is 32.3 Å². The third-order valence-electron chi connectivity index (χ3n) is 3.82. The maximum absolute atomic E-state index is 11.9. The Balaban J connectivity index is 2.84. The summed E-state index contributed by atoms with van der Waals surface area (Å²) in [5.74, 6) is -1.31. The second-order valence-corrected chi connectivity index (χ2v) is 6.28. The zero-order valence-corrected chi connectivity index (χ0v) is 15.8. The minimum absolute atomic E-state index is 0.0149. The summed E-state index contributed by atoms with van der Waals surface area (Å²) in [6.45, 7) is 5.34. The first-order valence-electron chi connectivity index (χ1n) is 9.29. The zero-order chi connectivity index (χ0) is 19.5. The van der Waals surface area contributed by atoms with E-state index in [1.807, 2.05) is 20.8 Å². The summed E-state index contributed by atoms with van der Waals surface area (Å²) in [6.07, 6.45) is -1.38. The average Bonchev–Trinajstić information content (AvgIpc) is 2.56. The van der Waals surface area contributed by atoms with Crippen molar-refractivity contribution in [1.29, 1.82) is 0 Å². The van der Waals surface area contributed by atoms with Crippen LogP contribution in [0, 0.1) is 0 Å². The zero-order valence-electron chi connectivity index (χ0n) is 15.8. The van der Waals surface area contributed by atoms with Crippen LogP contribution in [0.15, 0.2) is 0 Å². The van der Waals surface area contributed by atoms with Crippen LogP contribution in [-0.4, -0.2) is 54.2 Å². The van der Waals surface area contributed by atoms with E-state index in [2.05, 4.69) is 0 Å². The van der Waals surface area contributed by atoms with Gasteiger partial charge in [-0.15, -0.1) is 0 Å². The Bertz CT molecular complexity index is 464. The number of hydrogen-bond donors (Lipinski definition) is 1. The molecular formula is C18H30O8. The molecule has 8 nitrogen and oxygen atoms in total. The van der Waals surface area contributed by atoms with Crippen molar-refractivity contribution in [2.24, 2.45) is 0 Å². The van der Waals surface area contributed by atoms with Crippen molar-refractivity contribution in [3.8, 4) is 0 Å². The lowest BCUT2D eigenvalue weighted by atomic mass is 10.0. The van der Waals surface area contributed by atoms with Crippen LogP contribution in [0.4, 0.5) is 0 Å². The predicted octanol–water partition coefficient (Wildman–Crippen LogP) is 1.86. The fourth-order valence-corrected chi connectivity index (χ4v) is 2.61. The van der Waals surface area contributed by atoms with Crippen LogP contribution in [0.2, 0.25) is 0 Å². The van der Waals surface area contributed by atoms with Crippen molar-refractivity contribution in [3.05, 3.63) is 0 Å². The highest BCUT2D eigenvalue weighted by Gasteiger charge is 2.43. The molecule has 0 amide bonds. The molecule has 150 valence electrons. The number of rotatable bonds is 10. The Kier molecular flexibility index (Phi) is 10.2. The minimum Gasteiger partial charge on any atom is -0.463 e. The second-order valence-electron chi connectivity index (χ2n) is 6.28. The number of carbonyl (C=O) groups excluding carboxylic acids is 3. The van der Waals surface area contributed by atoms with Gasteiger partial charge in [0.25, 0.3) is 0 Å². The van der Waals surface area contributed by atoms with Crippen molar-refractivity contribution in [3.63, 3.8) is 0 Å². The van der Waals surface area contributed by atoms with Crippen molar-refractivity contribution >= 4 is 17.9 Å². The van der Waals surface area contributed by atoms with Gasteiger partial charge in [-0.25, -0.2) is 0 Å². The molecule has 0 aliphatic carbocycles. The highest BCUT2D eigenvalue weighted by Crippen LogP contribution is 2.26. The van der Waals surface area contributed by atoms with Gasteiger partial charge in [-0.2, -0.15) is 0 Å². The summed E-state index contributed by atoms with van der Waals surface area (Å²) >= 11 is 0. The third kappa shape index (κ3) is 7.70. The van der Waals surface area contributed by atoms with E-state index in [0.717, 1.165) is 0 Å². The molecule has 0 aromatic rings. The standard InChI is InChI=1S/C18H30O8/c1-4-7-14(19)23-11-13-18(26-16(21)9-6-3)12(10-17(22)25-13)24-15(20)8-5-2/h12-13,17-18,22H,4-11H2,1-3H3/t12-,13-,17?,18+/m1/s1. The van der Waals surface area contributed by atoms with Crippen molar-refractivity contribution in [2.75, 3.05) is 6.61 Å². The molecule has 0 saturated carbocycles. The monoisotopic (exact) mass is 374 g/mol. The molecular weight excluding hydrogens is 344 g/mol. The van der Waals surface area contributed by atoms with Crippen LogP contribution in [0.25, 0.3) is 0 Å². The molecule has 1 aliphatic heterocycles. The topological polar surface area (TPSA) is 108 Å². The molecule has 1 N–H and O–H groups in total. The van der Waals surface area contributed by atoms with Crippen molar-refractivity contribution in [2.45, 2.75) is 90.3 Å². The van der Waals surface area contributed by atoms with Gasteiger partial charge in [0.1, 0.15) is 18.8 Å². The fraction of sp³-hybridized carbons (Fsp3) is 0.833. The van der Waals surface area contributed by atoms with Crippen LogP contribution >= 0.6 is 0 Å². The molecule has 1 saturated heterocycles. The largest absolute Gasteiger partial charge is 0.463 e. The quantitative estimate of drug-likeness (QED) is 0.456. The maximum Gasteiger partial charge on any atom is 0.306 e. The lowest BCUT2D eigenvalue weighted by Gasteiger charge is -2.38. The van der Waals surface area contributed by atoms with E-state index in [1.54, 1.807) is 0 Å². The van der Waals surface area contributed by atoms with Crippen LogP contribution < -0.4 is 0 Å². The Labute approximate surface area is 154 Å². The molecule has 0 spiro atoms. The summed E-state index contributed by atoms with van der Waals surface area (Å²) in [5.41, 5.74) is 0. The SMILES string of the molecule is CCCC(=O)OC[C@H]1OC(O)C[C@@H](OC(=O)CCC)[C@@H]1OC(=O)CCC. The van der Waals surface area contributed by atoms with Gasteiger partial charge in [0, 0.05) is 25.7 Å². The lowest BCUT2D eigenvalue weighted by Crippen LogP contribution is -2.54. The van der Waals surface area contributed by atoms with E-state index in [4.69, 9.17) is 18.9 Å². The first kappa shape index (κ1) is 22.4. The molecule has 0 aromatic heterocycles. The van der Waals surface area contributed by atoms with E-state index >= 15 is 0 Å². The maximum atomic E-state index is 11.9. The lowest BCUT2D eigenvalue weighted by molar-refractivity contribution is -0.254. The highest BCUT2D eigenvalue weighted by atomic mass is 16.7. The summed E-state index contributed by atoms with van der Waals surface area (Å²) < 4.78 is 21.3. The van der Waals surface area contributed by atoms with Gasteiger partial charge < -0.3 is 24.1 Å². The normalized spacial score (nSPS) is 25.4. The molecule has 1 aliphatic rings. The third-order valence-corrected chi connectivity index (χ3v) is 3.82. The summed E-state index contributed by atoms with van der Waals surface area (Å²) in [4.78, 5) is 35.4. The molecule has 26 heavy (non-hydrogen) atoms. The molecule has 8 heteroatoms. The number of hydrogen-bond acceptors (Lipinski definition) is 8. The summed E-state index contributed by atoms with van der Waals surface area (Å²) in [5, 5.41) is 9.92. The molecule has 0 aromatic carbocycles. The van der Waals surface area contributed by atoms with E-state index in [1.165, 1.54) is 0 Å². The van der Waals surface area contributed by atoms with Gasteiger partial charge >= 0.3 is 17.9 Å². The molecule has 0 radical (unpaired) electrons. The molecule has 4 atom stereocenters. The van der Waals surface area contributed by atoms with E-state index in [0.29, 0.717) is 19.3 Å². The van der Waals surface area contributed by atoms with Crippen LogP contribution in [-0.2, 0) is 33.3 Å². The first-order valence-corrected chi connectivity index (χ1v) is 9.29. The highest BCUT2D eigenvalue weighted by molar-refractivity contribution is 5.71. The summed E-state index contributed by atoms with van der Waals surface area (Å²) in [6, 6.07) is 0. The predicted molar refractivity (Wildman–Crippen MR) is 90.9 cm³/mol. The number of esters is 3. The van der Waals surface area contributed by atoms with Gasteiger partial charge in [-0.05, 0) is 19.3 Å². The average molecular weight is 374 g/mol. The Morgan fingerprint density at radius 2 is 1.46 bits per heavy atom. The first-order chi connectivity index (χ1) is 12.4. The molecule has 1 heterocycles. The Morgan fingerprint density at radius 1 is 0.923 bits per heavy atom. The van der Waals surface area contributed by atoms with Gasteiger partial charge in [-0.3, -0.25) is 14.4 Å². The van der Waals surface area contributed by atoms with Crippen LogP contribution in [0.5, 0.6) is 0 Å². The number of aliphatic hydroxyl groups is 1. The van der Waals surface area contributed by atoms with Gasteiger partial charge in [0.2, 0.25) is 0 Å². The smallest absolute Gasteiger partial charge is 0.306 e. The summed E-state index contributed by atoms with van der Waals surface area (Å²) in [7, 11) is 0. The molecule has 1 unspecified atom stereocenters. The van der Waals surface area contributed by atoms with Crippen molar-refractivity contribution in [1.82, 2.24) is 0 Å². The molecule has 1 rings (SSSR count). The van der Waals surface area contributed by atoms with E-state index in [9.17, 15) is 19.5 Å². The number of ether oxygens (including phenoxy) is 4. The van der Waals surface area contributed by atoms with E-state index < -0.39 is 42.5 Å². The minimum atomic E-state index is -1.20. The van der Waals surface area contributed by atoms with Crippen LogP contribution in [0.1, 0.15) is 65.7 Å². The fourth-order valence-electron chi connectivity index (χ4n) is 2.61. The number of aliphatic hydroxyl groups excluding tert-OH is 1. The number of carbonyl (C=O) groups is 3. The Hall–Kier alpha value is -1.67. The second kappa shape index (κ2) is 11.9. The van der Waals surface area contributed by atoms with Crippen molar-refractivity contribution < 1.29 is 38.4 Å². The van der Waals surface area contributed by atoms with Crippen LogP contribution in [0.3, 0.4) is 0 Å². The Morgan fingerprint density at radius 3 is 2.04 bits per heavy atom. The molecule has 1 fully saturated rings. The molecule has 0 bridgehead atoms. The van der Waals surface area contributed by atoms with Gasteiger partial charge in [0.05, 0.1) is 0 Å². The van der Waals surface area contributed by atoms with Gasteiger partial charge in [-0.1, -0.05) is 20.8 Å².